The van der Waals surface area contributed by atoms with E-state index >= 15 is 0 Å². The normalized spacial score (nSPS) is 10.2. The standard InChI is InChI=1S/C14H13BrO2/c15-13-7-5-11(6-8-13)10-17-14-4-2-1-3-12(14)9-16/h1-8,16H,9-10H2. The van der Waals surface area contributed by atoms with Crippen molar-refractivity contribution >= 4 is 15.9 Å². The van der Waals surface area contributed by atoms with Gasteiger partial charge in [0.25, 0.3) is 0 Å². The topological polar surface area (TPSA) is 29.5 Å². The quantitative estimate of drug-likeness (QED) is 0.934. The number of para-hydroxylation sites is 1. The van der Waals surface area contributed by atoms with Crippen molar-refractivity contribution in [3.8, 4) is 5.75 Å². The molecule has 0 unspecified atom stereocenters. The van der Waals surface area contributed by atoms with Crippen LogP contribution < -0.4 is 4.74 Å². The molecule has 0 aliphatic carbocycles. The summed E-state index contributed by atoms with van der Waals surface area (Å²) in [4.78, 5) is 0. The zero-order chi connectivity index (χ0) is 12.1. The van der Waals surface area contributed by atoms with E-state index in [2.05, 4.69) is 15.9 Å². The van der Waals surface area contributed by atoms with Gasteiger partial charge in [0, 0.05) is 10.0 Å². The molecule has 0 saturated heterocycles. The molecule has 88 valence electrons. The molecule has 2 aromatic rings. The molecular formula is C14H13BrO2. The lowest BCUT2D eigenvalue weighted by atomic mass is 10.2. The first-order chi connectivity index (χ1) is 8.29. The van der Waals surface area contributed by atoms with E-state index in [0.29, 0.717) is 6.61 Å². The smallest absolute Gasteiger partial charge is 0.125 e. The van der Waals surface area contributed by atoms with Gasteiger partial charge in [0.1, 0.15) is 12.4 Å². The van der Waals surface area contributed by atoms with E-state index in [-0.39, 0.29) is 6.61 Å². The van der Waals surface area contributed by atoms with E-state index in [4.69, 9.17) is 9.84 Å². The molecule has 0 heterocycles. The van der Waals surface area contributed by atoms with E-state index in [1.54, 1.807) is 0 Å². The highest BCUT2D eigenvalue weighted by molar-refractivity contribution is 9.10. The summed E-state index contributed by atoms with van der Waals surface area (Å²) in [6.07, 6.45) is 0. The van der Waals surface area contributed by atoms with Gasteiger partial charge in [0.2, 0.25) is 0 Å². The Kier molecular flexibility index (Phi) is 4.18. The van der Waals surface area contributed by atoms with Gasteiger partial charge in [0.05, 0.1) is 6.61 Å². The van der Waals surface area contributed by atoms with Gasteiger partial charge >= 0.3 is 0 Å². The Balaban J connectivity index is 2.04. The second-order valence-corrected chi connectivity index (χ2v) is 4.60. The Bertz CT molecular complexity index is 480. The van der Waals surface area contributed by atoms with Gasteiger partial charge in [-0.15, -0.1) is 0 Å². The second-order valence-electron chi connectivity index (χ2n) is 3.68. The predicted molar refractivity (Wildman–Crippen MR) is 70.8 cm³/mol. The van der Waals surface area contributed by atoms with Crippen molar-refractivity contribution in [1.82, 2.24) is 0 Å². The van der Waals surface area contributed by atoms with E-state index in [9.17, 15) is 0 Å². The minimum atomic E-state index is -0.00346. The van der Waals surface area contributed by atoms with Crippen molar-refractivity contribution in [2.75, 3.05) is 0 Å². The number of ether oxygens (including phenoxy) is 1. The molecule has 0 amide bonds. The van der Waals surface area contributed by atoms with Crippen LogP contribution in [0.25, 0.3) is 0 Å². The lowest BCUT2D eigenvalue weighted by molar-refractivity contribution is 0.259. The van der Waals surface area contributed by atoms with Gasteiger partial charge in [-0.05, 0) is 23.8 Å². The third-order valence-corrected chi connectivity index (χ3v) is 2.98. The maximum absolute atomic E-state index is 9.17. The van der Waals surface area contributed by atoms with Crippen LogP contribution >= 0.6 is 15.9 Å². The van der Waals surface area contributed by atoms with Crippen LogP contribution in [0.3, 0.4) is 0 Å². The highest BCUT2D eigenvalue weighted by atomic mass is 79.9. The Labute approximate surface area is 109 Å². The third kappa shape index (κ3) is 3.32. The number of aliphatic hydroxyl groups excluding tert-OH is 1. The molecule has 0 aromatic heterocycles. The number of hydrogen-bond acceptors (Lipinski definition) is 2. The van der Waals surface area contributed by atoms with Gasteiger partial charge in [-0.3, -0.25) is 0 Å². The molecule has 0 aliphatic heterocycles. The molecule has 0 atom stereocenters. The SMILES string of the molecule is OCc1ccccc1OCc1ccc(Br)cc1. The zero-order valence-electron chi connectivity index (χ0n) is 9.27. The number of rotatable bonds is 4. The molecule has 0 spiro atoms. The summed E-state index contributed by atoms with van der Waals surface area (Å²) < 4.78 is 6.73. The van der Waals surface area contributed by atoms with Crippen LogP contribution in [0.5, 0.6) is 5.75 Å². The van der Waals surface area contributed by atoms with Gasteiger partial charge in [-0.1, -0.05) is 46.3 Å². The molecule has 17 heavy (non-hydrogen) atoms. The number of hydrogen-bond donors (Lipinski definition) is 1. The van der Waals surface area contributed by atoms with Crippen LogP contribution in [-0.2, 0) is 13.2 Å². The monoisotopic (exact) mass is 292 g/mol. The molecule has 3 heteroatoms. The van der Waals surface area contributed by atoms with E-state index in [1.807, 2.05) is 48.5 Å². The van der Waals surface area contributed by atoms with E-state index in [0.717, 1.165) is 21.3 Å². The van der Waals surface area contributed by atoms with Crippen molar-refractivity contribution in [2.45, 2.75) is 13.2 Å². The largest absolute Gasteiger partial charge is 0.489 e. The van der Waals surface area contributed by atoms with Crippen molar-refractivity contribution in [3.05, 3.63) is 64.1 Å². The van der Waals surface area contributed by atoms with Crippen LogP contribution in [0.1, 0.15) is 11.1 Å². The number of aliphatic hydroxyl groups is 1. The molecule has 2 nitrogen and oxygen atoms in total. The lowest BCUT2D eigenvalue weighted by Crippen LogP contribution is -1.98. The van der Waals surface area contributed by atoms with Crippen LogP contribution in [0.2, 0.25) is 0 Å². The van der Waals surface area contributed by atoms with E-state index < -0.39 is 0 Å². The maximum atomic E-state index is 9.17. The van der Waals surface area contributed by atoms with Crippen LogP contribution in [0.15, 0.2) is 53.0 Å². The summed E-state index contributed by atoms with van der Waals surface area (Å²) in [6.45, 7) is 0.501. The minimum absolute atomic E-state index is 0.00346. The fourth-order valence-electron chi connectivity index (χ4n) is 1.52. The summed E-state index contributed by atoms with van der Waals surface area (Å²) >= 11 is 3.39. The van der Waals surface area contributed by atoms with Crippen LogP contribution in [-0.4, -0.2) is 5.11 Å². The van der Waals surface area contributed by atoms with Crippen molar-refractivity contribution in [2.24, 2.45) is 0 Å². The Morgan fingerprint density at radius 2 is 1.71 bits per heavy atom. The summed E-state index contributed by atoms with van der Waals surface area (Å²) in [5.41, 5.74) is 1.91. The fourth-order valence-corrected chi connectivity index (χ4v) is 1.78. The number of benzene rings is 2. The molecule has 2 aromatic carbocycles. The molecule has 2 rings (SSSR count). The first-order valence-electron chi connectivity index (χ1n) is 5.35. The minimum Gasteiger partial charge on any atom is -0.489 e. The molecule has 0 aliphatic rings. The maximum Gasteiger partial charge on any atom is 0.125 e. The summed E-state index contributed by atoms with van der Waals surface area (Å²) in [6, 6.07) is 15.5. The molecule has 0 fully saturated rings. The fraction of sp³-hybridized carbons (Fsp3) is 0.143. The van der Waals surface area contributed by atoms with Crippen molar-refractivity contribution < 1.29 is 9.84 Å². The summed E-state index contributed by atoms with van der Waals surface area (Å²) in [7, 11) is 0. The summed E-state index contributed by atoms with van der Waals surface area (Å²) in [5.74, 6) is 0.734. The van der Waals surface area contributed by atoms with Gasteiger partial charge in [-0.2, -0.15) is 0 Å². The first-order valence-corrected chi connectivity index (χ1v) is 6.15. The average Bonchev–Trinajstić information content (AvgIpc) is 2.38. The molecular weight excluding hydrogens is 280 g/mol. The molecule has 0 radical (unpaired) electrons. The van der Waals surface area contributed by atoms with Gasteiger partial charge < -0.3 is 9.84 Å². The van der Waals surface area contributed by atoms with Crippen LogP contribution in [0.4, 0.5) is 0 Å². The molecule has 0 saturated carbocycles. The highest BCUT2D eigenvalue weighted by Gasteiger charge is 2.01. The van der Waals surface area contributed by atoms with Gasteiger partial charge in [0.15, 0.2) is 0 Å². The van der Waals surface area contributed by atoms with Crippen molar-refractivity contribution in [3.63, 3.8) is 0 Å². The Hall–Kier alpha value is -1.32. The predicted octanol–water partition coefficient (Wildman–Crippen LogP) is 3.52. The lowest BCUT2D eigenvalue weighted by Gasteiger charge is -2.09. The Morgan fingerprint density at radius 1 is 1.00 bits per heavy atom. The number of halogens is 1. The second kappa shape index (κ2) is 5.84. The molecule has 1 N–H and O–H groups in total. The first kappa shape index (κ1) is 12.1. The van der Waals surface area contributed by atoms with Gasteiger partial charge in [-0.25, -0.2) is 0 Å². The molecule has 0 bridgehead atoms. The van der Waals surface area contributed by atoms with Crippen LogP contribution in [0, 0.1) is 0 Å². The summed E-state index contributed by atoms with van der Waals surface area (Å²) in [5, 5.41) is 9.17. The van der Waals surface area contributed by atoms with Crippen molar-refractivity contribution in [1.29, 1.82) is 0 Å². The average molecular weight is 293 g/mol. The Morgan fingerprint density at radius 3 is 2.41 bits per heavy atom. The van der Waals surface area contributed by atoms with E-state index in [1.165, 1.54) is 0 Å². The zero-order valence-corrected chi connectivity index (χ0v) is 10.9. The third-order valence-electron chi connectivity index (χ3n) is 2.45. The highest BCUT2D eigenvalue weighted by Crippen LogP contribution is 2.19.